The van der Waals surface area contributed by atoms with E-state index >= 15 is 0 Å². The number of halogens is 9. The summed E-state index contributed by atoms with van der Waals surface area (Å²) in [6.45, 7) is 7.69. The Hall–Kier alpha value is 0.0260. The van der Waals surface area contributed by atoms with Gasteiger partial charge < -0.3 is 17.2 Å². The van der Waals surface area contributed by atoms with E-state index in [1.54, 1.807) is 0 Å². The van der Waals surface area contributed by atoms with E-state index in [0.29, 0.717) is 19.6 Å². The first-order valence-electron chi connectivity index (χ1n) is 8.80. The Kier molecular flexibility index (Phi) is 32.9. The molecule has 0 unspecified atom stereocenters. The minimum atomic E-state index is -7.10. The van der Waals surface area contributed by atoms with Crippen molar-refractivity contribution in [2.75, 3.05) is 19.6 Å². The molecule has 3 N–H and O–H groups in total. The van der Waals surface area contributed by atoms with Crippen LogP contribution in [0.15, 0.2) is 30.3 Å². The summed E-state index contributed by atoms with van der Waals surface area (Å²) in [6, 6.07) is 10.0. The zero-order chi connectivity index (χ0) is 24.9. The van der Waals surface area contributed by atoms with Crippen molar-refractivity contribution in [2.45, 2.75) is 55.1 Å². The van der Waals surface area contributed by atoms with E-state index in [2.05, 4.69) is 0 Å². The fourth-order valence-corrected chi connectivity index (χ4v) is 2.83. The molecule has 0 atom stereocenters. The molecule has 0 aliphatic heterocycles. The first-order valence-corrected chi connectivity index (χ1v) is 11.9. The van der Waals surface area contributed by atoms with Gasteiger partial charge in [-0.3, -0.25) is 0 Å². The van der Waals surface area contributed by atoms with Gasteiger partial charge in [-0.1, -0.05) is 40.0 Å². The Bertz CT molecular complexity index is 360. The molecule has 0 aliphatic carbocycles. The minimum Gasteiger partial charge on any atom is -0.214 e. The molecule has 0 amide bonds. The monoisotopic (exact) mass is 610 g/mol. The van der Waals surface area contributed by atoms with Crippen molar-refractivity contribution in [2.24, 2.45) is 0 Å². The van der Waals surface area contributed by atoms with Gasteiger partial charge in [-0.25, -0.2) is 12.1 Å². The van der Waals surface area contributed by atoms with E-state index < -0.39 is 29.4 Å². The largest absolute Gasteiger partial charge is 4.00 e. The zero-order valence-electron chi connectivity index (χ0n) is 17.5. The Labute approximate surface area is 201 Å². The molecule has 1 aromatic carbocycles. The molecule has 0 bridgehead atoms. The summed E-state index contributed by atoms with van der Waals surface area (Å²) >= 11 is -7.10. The number of nitrogens with one attached hydrogen (secondary N) is 3. The SMILES string of the molecule is CCC[NH-].CCC[NH-].CCC[NH-].F[C](F)(F)[Ge]([C](F)(F)F)[C](F)(F)F.[Zr+4].c1cc[cH-]c1. The number of hydrogen-bond acceptors (Lipinski definition) is 0. The van der Waals surface area contributed by atoms with Gasteiger partial charge in [0.05, 0.1) is 0 Å². The van der Waals surface area contributed by atoms with E-state index in [0.717, 1.165) is 19.3 Å². The van der Waals surface area contributed by atoms with Crippen LogP contribution in [0.1, 0.15) is 40.0 Å². The standard InChI is InChI=1S/C5H5.C3F9Ge.3C3H8N.Zr/c1-2-4-5-3-1;4-1(5,6)13(2(7,8)9)3(10,11)12;3*1-2-3-4;/h1-5H;;3*4H,2-3H2,1H3;/q-1;;3*-1;+4. The second-order valence-electron chi connectivity index (χ2n) is 5.08. The third-order valence-corrected chi connectivity index (χ3v) is 5.72. The van der Waals surface area contributed by atoms with E-state index in [1.165, 1.54) is 0 Å². The molecule has 0 aromatic heterocycles. The summed E-state index contributed by atoms with van der Waals surface area (Å²) in [6.07, 6.45) is 2.96. The van der Waals surface area contributed by atoms with E-state index in [4.69, 9.17) is 17.2 Å². The molecule has 0 spiro atoms. The molecule has 0 saturated carbocycles. The van der Waals surface area contributed by atoms with Crippen molar-refractivity contribution in [3.63, 3.8) is 0 Å². The van der Waals surface area contributed by atoms with Gasteiger partial charge in [-0.05, 0) is 0 Å². The quantitative estimate of drug-likeness (QED) is 0.187. The molecule has 1 radical (unpaired) electrons. The number of rotatable bonds is 3. The van der Waals surface area contributed by atoms with Gasteiger partial charge in [-0.2, -0.15) is 37.8 Å². The summed E-state index contributed by atoms with van der Waals surface area (Å²) in [5.41, 5.74) is 19.4. The van der Waals surface area contributed by atoms with Crippen molar-refractivity contribution in [1.29, 1.82) is 0 Å². The van der Waals surface area contributed by atoms with Crippen molar-refractivity contribution in [3.8, 4) is 0 Å². The fraction of sp³-hybridized carbons (Fsp3) is 0.706. The summed E-state index contributed by atoms with van der Waals surface area (Å²) in [7, 11) is 0. The zero-order valence-corrected chi connectivity index (χ0v) is 22.1. The van der Waals surface area contributed by atoms with Crippen molar-refractivity contribution in [1.82, 2.24) is 0 Å². The van der Waals surface area contributed by atoms with Crippen LogP contribution >= 0.6 is 0 Å². The van der Waals surface area contributed by atoms with Crippen LogP contribution in [0.5, 0.6) is 0 Å². The summed E-state index contributed by atoms with van der Waals surface area (Å²) < 4.78 is 102. The van der Waals surface area contributed by atoms with E-state index in [1.807, 2.05) is 51.1 Å². The summed E-state index contributed by atoms with van der Waals surface area (Å²) in [4.78, 5) is 0. The maximum atomic E-state index is 11.3. The molecule has 0 aliphatic rings. The molecule has 14 heteroatoms. The molecule has 0 heterocycles. The Morgan fingerprint density at radius 3 is 0.839 bits per heavy atom. The Balaban J connectivity index is -0.000000103. The van der Waals surface area contributed by atoms with Gasteiger partial charge in [-0.15, -0.1) is 0 Å². The predicted octanol–water partition coefficient (Wildman–Crippen LogP) is 8.53. The van der Waals surface area contributed by atoms with E-state index in [9.17, 15) is 39.5 Å². The molecule has 0 fully saturated rings. The molecular formula is C17H29F9GeN3Zr. The van der Waals surface area contributed by atoms with Crippen LogP contribution in [0.3, 0.4) is 0 Å². The molecule has 183 valence electrons. The second kappa shape index (κ2) is 24.7. The third-order valence-electron chi connectivity index (χ3n) is 2.16. The summed E-state index contributed by atoms with van der Waals surface area (Å²) in [5, 5.41) is -18.6. The molecule has 0 saturated heterocycles. The Morgan fingerprint density at radius 2 is 0.806 bits per heavy atom. The molecule has 3 nitrogen and oxygen atoms in total. The molecule has 31 heavy (non-hydrogen) atoms. The van der Waals surface area contributed by atoms with Crippen LogP contribution in [0, 0.1) is 0 Å². The molecule has 1 rings (SSSR count). The normalized spacial score (nSPS) is 10.6. The predicted molar refractivity (Wildman–Crippen MR) is 104 cm³/mol. The van der Waals surface area contributed by atoms with Gasteiger partial charge >= 0.3 is 95.1 Å². The topological polar surface area (TPSA) is 71.4 Å². The van der Waals surface area contributed by atoms with Crippen molar-refractivity contribution >= 4 is 14.3 Å². The van der Waals surface area contributed by atoms with Crippen LogP contribution in [-0.4, -0.2) is 49.0 Å². The second-order valence-corrected chi connectivity index (χ2v) is 10.2. The van der Waals surface area contributed by atoms with Crippen LogP contribution in [0.4, 0.5) is 39.5 Å². The van der Waals surface area contributed by atoms with Crippen molar-refractivity contribution < 1.29 is 65.7 Å². The maximum Gasteiger partial charge on any atom is 4.00 e. The van der Waals surface area contributed by atoms with Gasteiger partial charge in [0, 0.05) is 0 Å². The van der Waals surface area contributed by atoms with Gasteiger partial charge in [0.15, 0.2) is 0 Å². The fourth-order valence-electron chi connectivity index (χ4n) is 0.803. The first-order chi connectivity index (χ1) is 13.6. The third kappa shape index (κ3) is 34.8. The van der Waals surface area contributed by atoms with Gasteiger partial charge in [0.2, 0.25) is 0 Å². The summed E-state index contributed by atoms with van der Waals surface area (Å²) in [5.74, 6) is 0. The van der Waals surface area contributed by atoms with E-state index in [-0.39, 0.29) is 26.2 Å². The average Bonchev–Trinajstić information content (AvgIpc) is 3.18. The van der Waals surface area contributed by atoms with Gasteiger partial charge in [0.25, 0.3) is 0 Å². The smallest absolute Gasteiger partial charge is 0.214 e. The van der Waals surface area contributed by atoms with Crippen LogP contribution in [-0.2, 0) is 26.2 Å². The minimum absolute atomic E-state index is 0. The molecular weight excluding hydrogens is 581 g/mol. The van der Waals surface area contributed by atoms with Gasteiger partial charge in [0.1, 0.15) is 0 Å². The Morgan fingerprint density at radius 1 is 0.613 bits per heavy atom. The average molecular weight is 610 g/mol. The molecule has 1 aromatic rings. The van der Waals surface area contributed by atoms with Crippen LogP contribution < -0.4 is 0 Å². The number of hydrogen-bond donors (Lipinski definition) is 0. The number of alkyl halides is 9. The first kappa shape index (κ1) is 41.3. The van der Waals surface area contributed by atoms with Crippen LogP contribution in [0.2, 0.25) is 0 Å². The van der Waals surface area contributed by atoms with Crippen LogP contribution in [0.25, 0.3) is 17.2 Å². The van der Waals surface area contributed by atoms with Crippen molar-refractivity contribution in [3.05, 3.63) is 47.5 Å². The maximum absolute atomic E-state index is 11.3.